The number of ether oxygens (including phenoxy) is 2. The molecule has 1 aromatic carbocycles. The molecule has 26 heavy (non-hydrogen) atoms. The van der Waals surface area contributed by atoms with Gasteiger partial charge in [-0.1, -0.05) is 11.6 Å². The molecule has 0 N–H and O–H groups in total. The second-order valence-corrected chi connectivity index (χ2v) is 7.50. The van der Waals surface area contributed by atoms with Crippen LogP contribution in [0.25, 0.3) is 0 Å². The van der Waals surface area contributed by atoms with Crippen molar-refractivity contribution in [1.82, 2.24) is 0 Å². The second-order valence-electron chi connectivity index (χ2n) is 5.98. The van der Waals surface area contributed by atoms with Gasteiger partial charge in [0.2, 0.25) is 0 Å². The highest BCUT2D eigenvalue weighted by Gasteiger charge is 2.26. The van der Waals surface area contributed by atoms with Gasteiger partial charge < -0.3 is 9.47 Å². The predicted octanol–water partition coefficient (Wildman–Crippen LogP) is 5.61. The zero-order chi connectivity index (χ0) is 18.5. The molecular weight excluding hydrogens is 370 g/mol. The van der Waals surface area contributed by atoms with Gasteiger partial charge in [-0.25, -0.2) is 9.79 Å². The number of thiophene rings is 1. The Bertz CT molecular complexity index is 829. The fourth-order valence-electron chi connectivity index (χ4n) is 3.09. The molecule has 1 aliphatic rings. The Morgan fingerprint density at radius 1 is 1.27 bits per heavy atom. The molecular formula is C20H22ClNO3S. The molecule has 4 nitrogen and oxygen atoms in total. The van der Waals surface area contributed by atoms with Crippen molar-refractivity contribution in [2.24, 2.45) is 4.99 Å². The van der Waals surface area contributed by atoms with Crippen LogP contribution in [0.2, 0.25) is 5.02 Å². The largest absolute Gasteiger partial charge is 0.493 e. The first kappa shape index (κ1) is 18.9. The summed E-state index contributed by atoms with van der Waals surface area (Å²) in [6.45, 7) is 4.67. The number of benzene rings is 1. The van der Waals surface area contributed by atoms with Gasteiger partial charge in [-0.05, 0) is 63.3 Å². The minimum atomic E-state index is -0.282. The Hall–Kier alpha value is -1.85. The van der Waals surface area contributed by atoms with Crippen LogP contribution < -0.4 is 4.74 Å². The fourth-order valence-corrected chi connectivity index (χ4v) is 4.49. The minimum Gasteiger partial charge on any atom is -0.493 e. The van der Waals surface area contributed by atoms with Crippen LogP contribution in [0.3, 0.4) is 0 Å². The lowest BCUT2D eigenvalue weighted by atomic mass is 9.95. The zero-order valence-corrected chi connectivity index (χ0v) is 16.6. The molecule has 0 saturated carbocycles. The van der Waals surface area contributed by atoms with E-state index in [9.17, 15) is 4.79 Å². The van der Waals surface area contributed by atoms with Crippen LogP contribution in [0.5, 0.6) is 5.75 Å². The maximum Gasteiger partial charge on any atom is 0.341 e. The van der Waals surface area contributed by atoms with Crippen molar-refractivity contribution in [3.05, 3.63) is 44.8 Å². The van der Waals surface area contributed by atoms with E-state index in [1.807, 2.05) is 26.0 Å². The van der Waals surface area contributed by atoms with Crippen LogP contribution in [0.15, 0.2) is 23.2 Å². The lowest BCUT2D eigenvalue weighted by Crippen LogP contribution is -2.09. The smallest absolute Gasteiger partial charge is 0.341 e. The molecule has 0 amide bonds. The summed E-state index contributed by atoms with van der Waals surface area (Å²) >= 11 is 7.70. The van der Waals surface area contributed by atoms with Crippen molar-refractivity contribution in [3.63, 3.8) is 0 Å². The number of carbonyl (C=O) groups is 1. The van der Waals surface area contributed by atoms with Crippen molar-refractivity contribution in [3.8, 4) is 5.75 Å². The van der Waals surface area contributed by atoms with Crippen molar-refractivity contribution >= 4 is 40.1 Å². The molecule has 3 rings (SSSR count). The molecule has 0 spiro atoms. The Morgan fingerprint density at radius 3 is 2.85 bits per heavy atom. The molecule has 0 aliphatic heterocycles. The summed E-state index contributed by atoms with van der Waals surface area (Å²) in [6, 6.07) is 5.43. The van der Waals surface area contributed by atoms with Crippen molar-refractivity contribution in [2.45, 2.75) is 39.5 Å². The van der Waals surface area contributed by atoms with Gasteiger partial charge in [-0.2, -0.15) is 0 Å². The molecule has 0 saturated heterocycles. The predicted molar refractivity (Wildman–Crippen MR) is 107 cm³/mol. The van der Waals surface area contributed by atoms with Gasteiger partial charge in [0.15, 0.2) is 0 Å². The van der Waals surface area contributed by atoms with Gasteiger partial charge in [-0.15, -0.1) is 11.3 Å². The number of esters is 1. The molecule has 0 radical (unpaired) electrons. The average molecular weight is 392 g/mol. The van der Waals surface area contributed by atoms with Crippen LogP contribution in [-0.2, 0) is 17.6 Å². The highest BCUT2D eigenvalue weighted by atomic mass is 35.5. The summed E-state index contributed by atoms with van der Waals surface area (Å²) in [5.41, 5.74) is 2.53. The number of halogens is 1. The van der Waals surface area contributed by atoms with E-state index < -0.39 is 0 Å². The van der Waals surface area contributed by atoms with Crippen LogP contribution in [0.4, 0.5) is 5.00 Å². The molecule has 2 aromatic rings. The van der Waals surface area contributed by atoms with Crippen molar-refractivity contribution < 1.29 is 14.3 Å². The van der Waals surface area contributed by atoms with Gasteiger partial charge in [0.25, 0.3) is 0 Å². The first-order valence-corrected chi connectivity index (χ1v) is 10.1. The van der Waals surface area contributed by atoms with Crippen molar-refractivity contribution in [2.75, 3.05) is 13.2 Å². The number of hydrogen-bond acceptors (Lipinski definition) is 5. The van der Waals surface area contributed by atoms with Crippen LogP contribution in [-0.4, -0.2) is 25.4 Å². The lowest BCUT2D eigenvalue weighted by Gasteiger charge is -2.11. The molecule has 1 aliphatic carbocycles. The van der Waals surface area contributed by atoms with E-state index in [-0.39, 0.29) is 5.97 Å². The van der Waals surface area contributed by atoms with Gasteiger partial charge >= 0.3 is 5.97 Å². The summed E-state index contributed by atoms with van der Waals surface area (Å²) in [6.07, 6.45) is 5.89. The molecule has 0 unspecified atom stereocenters. The van der Waals surface area contributed by atoms with Gasteiger partial charge in [-0.3, -0.25) is 0 Å². The first-order chi connectivity index (χ1) is 12.6. The third kappa shape index (κ3) is 4.10. The van der Waals surface area contributed by atoms with E-state index >= 15 is 0 Å². The van der Waals surface area contributed by atoms with Gasteiger partial charge in [0.1, 0.15) is 10.8 Å². The summed E-state index contributed by atoms with van der Waals surface area (Å²) < 4.78 is 10.9. The Labute approximate surface area is 162 Å². The maximum absolute atomic E-state index is 12.5. The second kappa shape index (κ2) is 8.69. The zero-order valence-electron chi connectivity index (χ0n) is 15.0. The highest BCUT2D eigenvalue weighted by molar-refractivity contribution is 7.16. The Balaban J connectivity index is 1.99. The van der Waals surface area contributed by atoms with Gasteiger partial charge in [0.05, 0.1) is 18.8 Å². The number of carbonyl (C=O) groups excluding carboxylic acids is 1. The fraction of sp³-hybridized carbons (Fsp3) is 0.400. The number of rotatable bonds is 6. The first-order valence-electron chi connectivity index (χ1n) is 8.92. The number of hydrogen-bond donors (Lipinski definition) is 0. The topological polar surface area (TPSA) is 47.9 Å². The van der Waals surface area contributed by atoms with E-state index in [2.05, 4.69) is 4.99 Å². The highest BCUT2D eigenvalue weighted by Crippen LogP contribution is 2.40. The van der Waals surface area contributed by atoms with E-state index in [1.54, 1.807) is 23.6 Å². The minimum absolute atomic E-state index is 0.282. The van der Waals surface area contributed by atoms with Crippen LogP contribution in [0, 0.1) is 0 Å². The summed E-state index contributed by atoms with van der Waals surface area (Å²) in [7, 11) is 0. The number of fused-ring (bicyclic) bond motifs is 1. The quantitative estimate of drug-likeness (QED) is 0.475. The summed E-state index contributed by atoms with van der Waals surface area (Å²) in [4.78, 5) is 18.4. The summed E-state index contributed by atoms with van der Waals surface area (Å²) in [5, 5.41) is 1.32. The number of aliphatic imine (C=N–C) groups is 1. The molecule has 1 aromatic heterocycles. The molecule has 0 fully saturated rings. The average Bonchev–Trinajstić information content (AvgIpc) is 3.00. The molecule has 138 valence electrons. The van der Waals surface area contributed by atoms with Gasteiger partial charge in [0, 0.05) is 21.7 Å². The third-order valence-electron chi connectivity index (χ3n) is 4.22. The monoisotopic (exact) mass is 391 g/mol. The third-order valence-corrected chi connectivity index (χ3v) is 5.66. The van der Waals surface area contributed by atoms with Crippen LogP contribution in [0.1, 0.15) is 53.1 Å². The van der Waals surface area contributed by atoms with Crippen molar-refractivity contribution in [1.29, 1.82) is 0 Å². The number of nitrogens with zero attached hydrogens (tertiary/aromatic N) is 1. The molecule has 6 heteroatoms. The van der Waals surface area contributed by atoms with Crippen LogP contribution >= 0.6 is 22.9 Å². The summed E-state index contributed by atoms with van der Waals surface area (Å²) in [5.74, 6) is 0.440. The molecule has 0 bridgehead atoms. The Kier molecular flexibility index (Phi) is 6.33. The maximum atomic E-state index is 12.5. The molecule has 1 heterocycles. The van der Waals surface area contributed by atoms with E-state index in [0.717, 1.165) is 42.6 Å². The van der Waals surface area contributed by atoms with E-state index in [0.29, 0.717) is 28.8 Å². The van der Waals surface area contributed by atoms with E-state index in [1.165, 1.54) is 4.88 Å². The normalized spacial score (nSPS) is 13.7. The van der Waals surface area contributed by atoms with E-state index in [4.69, 9.17) is 21.1 Å². The standard InChI is InChI=1S/C20H22ClNO3S/c1-3-24-16-10-9-14(21)11-13(16)12-22-19-18(20(23)25-4-2)15-7-5-6-8-17(15)26-19/h9-12H,3-8H2,1-2H3. The Morgan fingerprint density at radius 2 is 2.08 bits per heavy atom. The lowest BCUT2D eigenvalue weighted by molar-refractivity contribution is 0.0526. The molecule has 0 atom stereocenters. The SMILES string of the molecule is CCOC(=O)c1c(N=Cc2cc(Cl)ccc2OCC)sc2c1CCCC2. The number of aryl methyl sites for hydroxylation is 1.